The topological polar surface area (TPSA) is 95.6 Å². The van der Waals surface area contributed by atoms with Gasteiger partial charge in [-0.15, -0.1) is 0 Å². The van der Waals surface area contributed by atoms with Gasteiger partial charge in [0.25, 0.3) is 0 Å². The van der Waals surface area contributed by atoms with Gasteiger partial charge in [-0.25, -0.2) is 4.79 Å². The van der Waals surface area contributed by atoms with Gasteiger partial charge in [-0.2, -0.15) is 0 Å². The highest BCUT2D eigenvalue weighted by Crippen LogP contribution is 2.13. The molecule has 13 heavy (non-hydrogen) atoms. The lowest BCUT2D eigenvalue weighted by atomic mass is 10.3. The van der Waals surface area contributed by atoms with E-state index in [4.69, 9.17) is 15.9 Å². The van der Waals surface area contributed by atoms with E-state index < -0.39 is 12.1 Å². The lowest BCUT2D eigenvalue weighted by Crippen LogP contribution is -2.37. The molecule has 0 aromatic heterocycles. The molecule has 70 valence electrons. The fourth-order valence-corrected chi connectivity index (χ4v) is 0.799. The zero-order valence-corrected chi connectivity index (χ0v) is 6.77. The average Bonchev–Trinajstić information content (AvgIpc) is 2.08. The second-order valence-corrected chi connectivity index (χ2v) is 2.51. The van der Waals surface area contributed by atoms with Crippen molar-refractivity contribution in [3.63, 3.8) is 0 Å². The van der Waals surface area contributed by atoms with Gasteiger partial charge in [0, 0.05) is 5.69 Å². The van der Waals surface area contributed by atoms with Crippen LogP contribution in [0.1, 0.15) is 0 Å². The Balaban J connectivity index is 2.64. The number of rotatable bonds is 3. The maximum absolute atomic E-state index is 10.3. The van der Waals surface area contributed by atoms with E-state index in [1.54, 1.807) is 0 Å². The Morgan fingerprint density at radius 3 is 2.38 bits per heavy atom. The van der Waals surface area contributed by atoms with Crippen LogP contribution in [-0.2, 0) is 4.79 Å². The predicted octanol–water partition coefficient (Wildman–Crippen LogP) is 0.173. The summed E-state index contributed by atoms with van der Waals surface area (Å²) >= 11 is 0. The normalized spacial score (nSPS) is 12.1. The minimum atomic E-state index is -1.13. The smallest absolute Gasteiger partial charge is 0.341 e. The van der Waals surface area contributed by atoms with Crippen LogP contribution in [0.4, 0.5) is 5.69 Å². The second kappa shape index (κ2) is 3.77. The molecule has 0 saturated heterocycles. The number of hydrogen-bond donors (Lipinski definition) is 4. The molecule has 0 aliphatic carbocycles. The van der Waals surface area contributed by atoms with Crippen LogP contribution in [0.3, 0.4) is 0 Å². The van der Waals surface area contributed by atoms with E-state index in [9.17, 15) is 4.79 Å². The second-order valence-electron chi connectivity index (χ2n) is 2.51. The third kappa shape index (κ3) is 2.64. The first-order valence-electron chi connectivity index (χ1n) is 3.63. The lowest BCUT2D eigenvalue weighted by molar-refractivity contribution is -0.137. The maximum atomic E-state index is 10.3. The number of benzene rings is 1. The maximum Gasteiger partial charge on any atom is 0.341 e. The summed E-state index contributed by atoms with van der Waals surface area (Å²) in [5, 5.41) is 19.9. The lowest BCUT2D eigenvalue weighted by Gasteiger charge is -2.09. The van der Waals surface area contributed by atoms with Crippen molar-refractivity contribution in [1.82, 2.24) is 0 Å². The number of anilines is 1. The molecule has 0 bridgehead atoms. The predicted molar refractivity (Wildman–Crippen MR) is 47.3 cm³/mol. The van der Waals surface area contributed by atoms with E-state index >= 15 is 0 Å². The molecule has 1 rings (SSSR count). The van der Waals surface area contributed by atoms with Crippen molar-refractivity contribution in [3.05, 3.63) is 24.3 Å². The average molecular weight is 182 g/mol. The quantitative estimate of drug-likeness (QED) is 0.395. The summed E-state index contributed by atoms with van der Waals surface area (Å²) in [6.45, 7) is 0. The summed E-state index contributed by atoms with van der Waals surface area (Å²) in [4.78, 5) is 10.3. The Morgan fingerprint density at radius 2 is 1.92 bits per heavy atom. The molecular formula is C8H10N2O3. The van der Waals surface area contributed by atoms with E-state index in [0.29, 0.717) is 5.69 Å². The summed E-state index contributed by atoms with van der Waals surface area (Å²) in [5.41, 5.74) is 5.76. The molecule has 0 fully saturated rings. The van der Waals surface area contributed by atoms with Crippen molar-refractivity contribution in [1.29, 1.82) is 0 Å². The largest absolute Gasteiger partial charge is 0.508 e. The summed E-state index contributed by atoms with van der Waals surface area (Å²) in [6, 6.07) is 5.96. The first-order chi connectivity index (χ1) is 6.09. The molecule has 0 amide bonds. The van der Waals surface area contributed by atoms with Gasteiger partial charge in [0.05, 0.1) is 0 Å². The Kier molecular flexibility index (Phi) is 2.71. The molecule has 0 radical (unpaired) electrons. The number of phenolic OH excluding ortho intramolecular Hbond substituents is 1. The van der Waals surface area contributed by atoms with Gasteiger partial charge in [-0.05, 0) is 24.3 Å². The van der Waals surface area contributed by atoms with Crippen LogP contribution in [0.15, 0.2) is 24.3 Å². The number of phenols is 1. The van der Waals surface area contributed by atoms with Crippen LogP contribution >= 0.6 is 0 Å². The number of aromatic hydroxyl groups is 1. The van der Waals surface area contributed by atoms with Crippen molar-refractivity contribution < 1.29 is 15.0 Å². The van der Waals surface area contributed by atoms with Gasteiger partial charge in [0.2, 0.25) is 0 Å². The van der Waals surface area contributed by atoms with Crippen LogP contribution in [-0.4, -0.2) is 22.3 Å². The molecule has 1 aromatic carbocycles. The van der Waals surface area contributed by atoms with Crippen LogP contribution in [0.5, 0.6) is 5.75 Å². The van der Waals surface area contributed by atoms with E-state index in [0.717, 1.165) is 0 Å². The Hall–Kier alpha value is -1.75. The standard InChI is InChI=1S/C8H10N2O3/c9-7(8(12)13)10-5-1-3-6(11)4-2-5/h1-4,7,10-11H,9H2,(H,12,13). The van der Waals surface area contributed by atoms with Crippen molar-refractivity contribution in [2.75, 3.05) is 5.32 Å². The van der Waals surface area contributed by atoms with Gasteiger partial charge in [0.1, 0.15) is 5.75 Å². The van der Waals surface area contributed by atoms with Gasteiger partial charge in [-0.1, -0.05) is 0 Å². The van der Waals surface area contributed by atoms with Crippen molar-refractivity contribution in [2.45, 2.75) is 6.17 Å². The molecule has 0 spiro atoms. The molecule has 0 aliphatic rings. The fraction of sp³-hybridized carbons (Fsp3) is 0.125. The van der Waals surface area contributed by atoms with Gasteiger partial charge in [-0.3, -0.25) is 0 Å². The molecule has 5 heteroatoms. The monoisotopic (exact) mass is 182 g/mol. The molecule has 1 aromatic rings. The Bertz CT molecular complexity index is 297. The van der Waals surface area contributed by atoms with Crippen LogP contribution in [0.2, 0.25) is 0 Å². The Labute approximate surface area is 74.8 Å². The minimum Gasteiger partial charge on any atom is -0.508 e. The fourth-order valence-electron chi connectivity index (χ4n) is 0.799. The van der Waals surface area contributed by atoms with Gasteiger partial charge < -0.3 is 21.3 Å². The summed E-state index contributed by atoms with van der Waals surface area (Å²) < 4.78 is 0. The number of carboxylic acid groups (broad SMARTS) is 1. The number of carboxylic acids is 1. The number of aliphatic carboxylic acids is 1. The summed E-state index contributed by atoms with van der Waals surface area (Å²) in [5.74, 6) is -1.01. The highest BCUT2D eigenvalue weighted by Gasteiger charge is 2.09. The van der Waals surface area contributed by atoms with Crippen LogP contribution < -0.4 is 11.1 Å². The van der Waals surface area contributed by atoms with Gasteiger partial charge in [0.15, 0.2) is 6.17 Å². The molecule has 0 heterocycles. The number of carbonyl (C=O) groups is 1. The van der Waals surface area contributed by atoms with Crippen molar-refractivity contribution >= 4 is 11.7 Å². The number of hydrogen-bond acceptors (Lipinski definition) is 4. The molecule has 5 nitrogen and oxygen atoms in total. The molecule has 0 aliphatic heterocycles. The molecule has 1 atom stereocenters. The zero-order valence-electron chi connectivity index (χ0n) is 6.77. The van der Waals surface area contributed by atoms with Crippen molar-refractivity contribution in [3.8, 4) is 5.75 Å². The van der Waals surface area contributed by atoms with E-state index in [1.807, 2.05) is 0 Å². The molecule has 0 saturated carbocycles. The number of nitrogens with one attached hydrogen (secondary N) is 1. The molecule has 1 unspecified atom stereocenters. The number of nitrogens with two attached hydrogens (primary N) is 1. The third-order valence-electron chi connectivity index (χ3n) is 1.46. The Morgan fingerprint density at radius 1 is 1.38 bits per heavy atom. The summed E-state index contributed by atoms with van der Waals surface area (Å²) in [7, 11) is 0. The van der Waals surface area contributed by atoms with E-state index in [2.05, 4.69) is 5.32 Å². The zero-order chi connectivity index (χ0) is 9.84. The highest BCUT2D eigenvalue weighted by molar-refractivity contribution is 5.76. The van der Waals surface area contributed by atoms with Crippen molar-refractivity contribution in [2.24, 2.45) is 5.73 Å². The van der Waals surface area contributed by atoms with Crippen LogP contribution in [0, 0.1) is 0 Å². The summed E-state index contributed by atoms with van der Waals surface area (Å²) in [6.07, 6.45) is -1.13. The van der Waals surface area contributed by atoms with Crippen LogP contribution in [0.25, 0.3) is 0 Å². The molecule has 5 N–H and O–H groups in total. The first-order valence-corrected chi connectivity index (χ1v) is 3.63. The van der Waals surface area contributed by atoms with Gasteiger partial charge >= 0.3 is 5.97 Å². The first kappa shape index (κ1) is 9.34. The van der Waals surface area contributed by atoms with E-state index in [-0.39, 0.29) is 5.75 Å². The molecular weight excluding hydrogens is 172 g/mol. The third-order valence-corrected chi connectivity index (χ3v) is 1.46. The minimum absolute atomic E-state index is 0.120. The highest BCUT2D eigenvalue weighted by atomic mass is 16.4. The van der Waals surface area contributed by atoms with E-state index in [1.165, 1.54) is 24.3 Å². The SMILES string of the molecule is NC(Nc1ccc(O)cc1)C(=O)O.